The molecule has 2 N–H and O–H groups in total. The standard InChI is InChI=1S/C15H21N3/c1-10(2)11(3)14-12(4)15(16)18(17-14)13-8-6-5-7-9-13/h5-11H,16H2,1-4H3. The van der Waals surface area contributed by atoms with Gasteiger partial charge in [-0.15, -0.1) is 0 Å². The van der Waals surface area contributed by atoms with Gasteiger partial charge in [-0.2, -0.15) is 5.10 Å². The van der Waals surface area contributed by atoms with E-state index in [0.29, 0.717) is 11.8 Å². The van der Waals surface area contributed by atoms with Gasteiger partial charge in [0.25, 0.3) is 0 Å². The van der Waals surface area contributed by atoms with E-state index in [1.54, 1.807) is 0 Å². The Hall–Kier alpha value is -1.77. The van der Waals surface area contributed by atoms with Gasteiger partial charge in [0.15, 0.2) is 0 Å². The zero-order chi connectivity index (χ0) is 13.3. The van der Waals surface area contributed by atoms with E-state index >= 15 is 0 Å². The number of hydrogen-bond acceptors (Lipinski definition) is 2. The molecule has 1 heterocycles. The van der Waals surface area contributed by atoms with E-state index in [2.05, 4.69) is 27.7 Å². The molecule has 0 radical (unpaired) electrons. The predicted octanol–water partition coefficient (Wildman–Crippen LogP) is 3.52. The fourth-order valence-electron chi connectivity index (χ4n) is 2.04. The highest BCUT2D eigenvalue weighted by Crippen LogP contribution is 2.29. The number of rotatable bonds is 3. The lowest BCUT2D eigenvalue weighted by Gasteiger charge is -2.13. The van der Waals surface area contributed by atoms with Crippen LogP contribution in [0.15, 0.2) is 30.3 Å². The van der Waals surface area contributed by atoms with Crippen molar-refractivity contribution in [2.75, 3.05) is 5.73 Å². The van der Waals surface area contributed by atoms with Crippen LogP contribution in [0.25, 0.3) is 5.69 Å². The zero-order valence-corrected chi connectivity index (χ0v) is 11.5. The minimum Gasteiger partial charge on any atom is -0.383 e. The third kappa shape index (κ3) is 2.13. The second-order valence-corrected chi connectivity index (χ2v) is 5.18. The maximum atomic E-state index is 6.17. The van der Waals surface area contributed by atoms with Gasteiger partial charge in [0.2, 0.25) is 0 Å². The van der Waals surface area contributed by atoms with Gasteiger partial charge in [-0.1, -0.05) is 39.0 Å². The molecule has 0 fully saturated rings. The lowest BCUT2D eigenvalue weighted by molar-refractivity contribution is 0.518. The summed E-state index contributed by atoms with van der Waals surface area (Å²) in [5.41, 5.74) is 9.39. The van der Waals surface area contributed by atoms with Crippen LogP contribution in [0.2, 0.25) is 0 Å². The Balaban J connectivity index is 2.49. The lowest BCUT2D eigenvalue weighted by Crippen LogP contribution is -2.05. The van der Waals surface area contributed by atoms with Crippen molar-refractivity contribution in [1.29, 1.82) is 0 Å². The summed E-state index contributed by atoms with van der Waals surface area (Å²) < 4.78 is 1.84. The molecule has 0 aliphatic rings. The molecule has 3 heteroatoms. The normalized spacial score (nSPS) is 12.9. The molecule has 1 aromatic carbocycles. The molecule has 0 bridgehead atoms. The third-order valence-corrected chi connectivity index (χ3v) is 3.64. The molecule has 0 aliphatic carbocycles. The van der Waals surface area contributed by atoms with Gasteiger partial charge in [0, 0.05) is 11.5 Å². The Morgan fingerprint density at radius 2 is 1.72 bits per heavy atom. The number of benzene rings is 1. The van der Waals surface area contributed by atoms with E-state index < -0.39 is 0 Å². The number of nitrogens with zero attached hydrogens (tertiary/aromatic N) is 2. The Labute approximate surface area is 109 Å². The molecule has 1 atom stereocenters. The smallest absolute Gasteiger partial charge is 0.130 e. The van der Waals surface area contributed by atoms with E-state index in [0.717, 1.165) is 22.8 Å². The molecular formula is C15H21N3. The van der Waals surface area contributed by atoms with Crippen LogP contribution in [0, 0.1) is 12.8 Å². The topological polar surface area (TPSA) is 43.8 Å². The van der Waals surface area contributed by atoms with Gasteiger partial charge in [-0.25, -0.2) is 4.68 Å². The number of nitrogens with two attached hydrogens (primary N) is 1. The van der Waals surface area contributed by atoms with E-state index in [9.17, 15) is 0 Å². The first-order valence-electron chi connectivity index (χ1n) is 6.42. The molecular weight excluding hydrogens is 222 g/mol. The molecule has 1 unspecified atom stereocenters. The van der Waals surface area contributed by atoms with E-state index in [1.165, 1.54) is 0 Å². The number of hydrogen-bond donors (Lipinski definition) is 1. The van der Waals surface area contributed by atoms with Crippen LogP contribution in [-0.4, -0.2) is 9.78 Å². The van der Waals surface area contributed by atoms with E-state index in [1.807, 2.05) is 35.0 Å². The monoisotopic (exact) mass is 243 g/mol. The van der Waals surface area contributed by atoms with Crippen molar-refractivity contribution >= 4 is 5.82 Å². The van der Waals surface area contributed by atoms with Gasteiger partial charge in [0.05, 0.1) is 11.4 Å². The maximum Gasteiger partial charge on any atom is 0.130 e. The van der Waals surface area contributed by atoms with Gasteiger partial charge in [-0.3, -0.25) is 0 Å². The van der Waals surface area contributed by atoms with Crippen LogP contribution in [0.4, 0.5) is 5.82 Å². The summed E-state index contributed by atoms with van der Waals surface area (Å²) >= 11 is 0. The van der Waals surface area contributed by atoms with Gasteiger partial charge in [-0.05, 0) is 25.0 Å². The molecule has 2 rings (SSSR count). The third-order valence-electron chi connectivity index (χ3n) is 3.64. The molecule has 0 amide bonds. The largest absolute Gasteiger partial charge is 0.383 e. The van der Waals surface area contributed by atoms with Gasteiger partial charge >= 0.3 is 0 Å². The highest BCUT2D eigenvalue weighted by Gasteiger charge is 2.20. The van der Waals surface area contributed by atoms with Gasteiger partial charge in [0.1, 0.15) is 5.82 Å². The quantitative estimate of drug-likeness (QED) is 0.896. The first-order chi connectivity index (χ1) is 8.52. The summed E-state index contributed by atoms with van der Waals surface area (Å²) in [6.45, 7) is 8.68. The molecule has 0 spiro atoms. The van der Waals surface area contributed by atoms with E-state index in [-0.39, 0.29) is 0 Å². The molecule has 96 valence electrons. The van der Waals surface area contributed by atoms with Crippen molar-refractivity contribution in [1.82, 2.24) is 9.78 Å². The fraction of sp³-hybridized carbons (Fsp3) is 0.400. The van der Waals surface area contributed by atoms with Crippen molar-refractivity contribution in [2.24, 2.45) is 5.92 Å². The predicted molar refractivity (Wildman–Crippen MR) is 76.0 cm³/mol. The van der Waals surface area contributed by atoms with Crippen LogP contribution in [-0.2, 0) is 0 Å². The highest BCUT2D eigenvalue weighted by atomic mass is 15.3. The average Bonchev–Trinajstić information content (AvgIpc) is 2.67. The second-order valence-electron chi connectivity index (χ2n) is 5.18. The molecule has 1 aromatic heterocycles. The van der Waals surface area contributed by atoms with Gasteiger partial charge < -0.3 is 5.73 Å². The van der Waals surface area contributed by atoms with Crippen LogP contribution < -0.4 is 5.73 Å². The first-order valence-corrected chi connectivity index (χ1v) is 6.42. The Morgan fingerprint density at radius 3 is 2.28 bits per heavy atom. The minimum absolute atomic E-state index is 0.414. The summed E-state index contributed by atoms with van der Waals surface area (Å²) in [6.07, 6.45) is 0. The number of anilines is 1. The fourth-order valence-corrected chi connectivity index (χ4v) is 2.04. The summed E-state index contributed by atoms with van der Waals surface area (Å²) in [5, 5.41) is 4.69. The summed E-state index contributed by atoms with van der Waals surface area (Å²) in [6, 6.07) is 10.0. The Bertz CT molecular complexity index is 526. The van der Waals surface area contributed by atoms with Crippen molar-refractivity contribution in [3.63, 3.8) is 0 Å². The van der Waals surface area contributed by atoms with Crippen molar-refractivity contribution < 1.29 is 0 Å². The van der Waals surface area contributed by atoms with Crippen LogP contribution in [0.5, 0.6) is 0 Å². The van der Waals surface area contributed by atoms with Crippen LogP contribution in [0.3, 0.4) is 0 Å². The van der Waals surface area contributed by atoms with E-state index in [4.69, 9.17) is 10.8 Å². The maximum absolute atomic E-state index is 6.17. The number of nitrogen functional groups attached to an aromatic ring is 1. The minimum atomic E-state index is 0.414. The number of aromatic nitrogens is 2. The molecule has 3 nitrogen and oxygen atoms in total. The Kier molecular flexibility index (Phi) is 3.41. The Morgan fingerprint density at radius 1 is 1.11 bits per heavy atom. The molecule has 0 aliphatic heterocycles. The summed E-state index contributed by atoms with van der Waals surface area (Å²) in [4.78, 5) is 0. The molecule has 18 heavy (non-hydrogen) atoms. The molecule has 0 saturated carbocycles. The summed E-state index contributed by atoms with van der Waals surface area (Å²) in [5.74, 6) is 1.71. The summed E-state index contributed by atoms with van der Waals surface area (Å²) in [7, 11) is 0. The SMILES string of the molecule is Cc1c(C(C)C(C)C)nn(-c2ccccc2)c1N. The lowest BCUT2D eigenvalue weighted by atomic mass is 9.93. The van der Waals surface area contributed by atoms with Crippen molar-refractivity contribution in [2.45, 2.75) is 33.6 Å². The number of para-hydroxylation sites is 1. The highest BCUT2D eigenvalue weighted by molar-refractivity contribution is 5.50. The van der Waals surface area contributed by atoms with Crippen LogP contribution in [0.1, 0.15) is 37.9 Å². The first kappa shape index (κ1) is 12.7. The second kappa shape index (κ2) is 4.84. The van der Waals surface area contributed by atoms with Crippen molar-refractivity contribution in [3.05, 3.63) is 41.6 Å². The van der Waals surface area contributed by atoms with Crippen molar-refractivity contribution in [3.8, 4) is 5.69 Å². The molecule has 2 aromatic rings. The average molecular weight is 243 g/mol. The molecule has 0 saturated heterocycles. The zero-order valence-electron chi connectivity index (χ0n) is 11.5. The van der Waals surface area contributed by atoms with Crippen LogP contribution >= 0.6 is 0 Å².